The van der Waals surface area contributed by atoms with Crippen LogP contribution in [0.25, 0.3) is 0 Å². The Balaban J connectivity index is 1.94. The van der Waals surface area contributed by atoms with Crippen LogP contribution in [-0.4, -0.2) is 88.0 Å². The molecule has 1 aliphatic rings. The number of hydrazine groups is 1. The molecule has 3 amide bonds. The van der Waals surface area contributed by atoms with Crippen molar-refractivity contribution < 1.29 is 24.3 Å². The molecule has 1 fully saturated rings. The summed E-state index contributed by atoms with van der Waals surface area (Å²) in [4.78, 5) is 53.7. The van der Waals surface area contributed by atoms with Gasteiger partial charge in [-0.2, -0.15) is 5.01 Å². The van der Waals surface area contributed by atoms with E-state index in [9.17, 15) is 24.3 Å². The lowest BCUT2D eigenvalue weighted by Gasteiger charge is -2.51. The number of hydrogen-bond acceptors (Lipinski definition) is 6. The number of benzene rings is 2. The minimum absolute atomic E-state index is 0.00886. The first-order chi connectivity index (χ1) is 18.7. The molecule has 3 rings (SSSR count). The summed E-state index contributed by atoms with van der Waals surface area (Å²) in [7, 11) is 1.84. The minimum atomic E-state index is -1.08. The van der Waals surface area contributed by atoms with Crippen molar-refractivity contribution in [3.8, 4) is 12.3 Å². The number of halogens is 1. The zero-order valence-corrected chi connectivity index (χ0v) is 23.3. The van der Waals surface area contributed by atoms with E-state index in [1.54, 1.807) is 0 Å². The topological polar surface area (TPSA) is 114 Å². The minimum Gasteiger partial charge on any atom is -0.481 e. The molecule has 0 spiro atoms. The standard InChI is InChI=1S/C28H32BrN5O5/c1-3-14-32-19-26(36)33(24(20-35)12-13-27(37)38)25(18-31(2)17-22-10-7-11-23(29)15-22)34(32)28(39)30-16-21-8-5-4-6-9-21/h1,4-11,15,20,24-25H,12-14,16-19H2,2H3,(H,30,39)(H,37,38)/t24?,25-/m0/s1. The summed E-state index contributed by atoms with van der Waals surface area (Å²) in [6.45, 7) is 0.672. The maximum atomic E-state index is 13.6. The van der Waals surface area contributed by atoms with Crippen LogP contribution < -0.4 is 5.32 Å². The second-order valence-corrected chi connectivity index (χ2v) is 10.2. The fourth-order valence-electron chi connectivity index (χ4n) is 4.55. The average Bonchev–Trinajstić information content (AvgIpc) is 2.89. The number of carboxylic acid groups (broad SMARTS) is 1. The quantitative estimate of drug-likeness (QED) is 0.285. The Morgan fingerprint density at radius 3 is 2.59 bits per heavy atom. The number of carbonyl (C=O) groups excluding carboxylic acids is 3. The summed E-state index contributed by atoms with van der Waals surface area (Å²) in [6, 6.07) is 15.6. The fraction of sp³-hybridized carbons (Fsp3) is 0.357. The predicted octanol–water partition coefficient (Wildman–Crippen LogP) is 2.54. The van der Waals surface area contributed by atoms with Crippen LogP contribution in [-0.2, 0) is 27.5 Å². The third-order valence-corrected chi connectivity index (χ3v) is 6.76. The highest BCUT2D eigenvalue weighted by atomic mass is 79.9. The second kappa shape index (κ2) is 14.4. The van der Waals surface area contributed by atoms with Crippen LogP contribution in [0.3, 0.4) is 0 Å². The third kappa shape index (κ3) is 8.38. The number of rotatable bonds is 12. The van der Waals surface area contributed by atoms with Gasteiger partial charge in [-0.1, -0.05) is 64.3 Å². The van der Waals surface area contributed by atoms with Crippen molar-refractivity contribution in [2.45, 2.75) is 38.1 Å². The molecule has 2 aromatic carbocycles. The Morgan fingerprint density at radius 2 is 1.95 bits per heavy atom. The van der Waals surface area contributed by atoms with E-state index >= 15 is 0 Å². The molecule has 0 radical (unpaired) electrons. The van der Waals surface area contributed by atoms with Gasteiger partial charge in [0.2, 0.25) is 5.91 Å². The lowest BCUT2D eigenvalue weighted by molar-refractivity contribution is -0.174. The van der Waals surface area contributed by atoms with Gasteiger partial charge in [0.25, 0.3) is 0 Å². The van der Waals surface area contributed by atoms with Crippen LogP contribution in [0.2, 0.25) is 0 Å². The van der Waals surface area contributed by atoms with Crippen molar-refractivity contribution in [1.82, 2.24) is 25.1 Å². The Morgan fingerprint density at radius 1 is 1.23 bits per heavy atom. The van der Waals surface area contributed by atoms with E-state index in [0.29, 0.717) is 12.8 Å². The van der Waals surface area contributed by atoms with E-state index in [0.717, 1.165) is 15.6 Å². The molecule has 0 aromatic heterocycles. The number of likely N-dealkylation sites (N-methyl/N-ethyl adjacent to an activating group) is 1. The highest BCUT2D eigenvalue weighted by molar-refractivity contribution is 9.10. The Hall–Kier alpha value is -3.72. The number of aliphatic carboxylic acids is 1. The molecule has 1 aliphatic heterocycles. The molecule has 0 aliphatic carbocycles. The van der Waals surface area contributed by atoms with Crippen molar-refractivity contribution in [2.24, 2.45) is 0 Å². The van der Waals surface area contributed by atoms with Crippen LogP contribution in [0, 0.1) is 12.3 Å². The van der Waals surface area contributed by atoms with Crippen molar-refractivity contribution in [3.05, 3.63) is 70.2 Å². The largest absolute Gasteiger partial charge is 0.481 e. The summed E-state index contributed by atoms with van der Waals surface area (Å²) in [5.41, 5.74) is 1.88. The van der Waals surface area contributed by atoms with Gasteiger partial charge in [-0.15, -0.1) is 6.42 Å². The van der Waals surface area contributed by atoms with Crippen molar-refractivity contribution >= 4 is 40.1 Å². The molecule has 0 bridgehead atoms. The first-order valence-corrected chi connectivity index (χ1v) is 13.2. The highest BCUT2D eigenvalue weighted by Gasteiger charge is 2.44. The molecule has 11 heteroatoms. The summed E-state index contributed by atoms with van der Waals surface area (Å²) in [5, 5.41) is 15.0. The number of hydrogen-bond donors (Lipinski definition) is 2. The molecule has 206 valence electrons. The maximum absolute atomic E-state index is 13.6. The van der Waals surface area contributed by atoms with E-state index in [1.165, 1.54) is 14.9 Å². The number of nitrogens with one attached hydrogen (secondary N) is 1. The third-order valence-electron chi connectivity index (χ3n) is 6.27. The molecule has 0 saturated carbocycles. The van der Waals surface area contributed by atoms with Gasteiger partial charge >= 0.3 is 12.0 Å². The van der Waals surface area contributed by atoms with Gasteiger partial charge in [-0.25, -0.2) is 9.80 Å². The van der Waals surface area contributed by atoms with E-state index in [-0.39, 0.29) is 39.0 Å². The Kier molecular flexibility index (Phi) is 11.0. The molecular weight excluding hydrogens is 566 g/mol. The molecule has 1 heterocycles. The van der Waals surface area contributed by atoms with Gasteiger partial charge in [0, 0.05) is 30.5 Å². The monoisotopic (exact) mass is 597 g/mol. The summed E-state index contributed by atoms with van der Waals surface area (Å²) in [5.74, 6) is 1.00. The molecule has 10 nitrogen and oxygen atoms in total. The molecule has 1 saturated heterocycles. The number of urea groups is 1. The lowest BCUT2D eigenvalue weighted by atomic mass is 10.1. The summed E-state index contributed by atoms with van der Waals surface area (Å²) in [6.07, 6.45) is 4.85. The van der Waals surface area contributed by atoms with Crippen molar-refractivity contribution in [3.63, 3.8) is 0 Å². The molecule has 2 N–H and O–H groups in total. The van der Waals surface area contributed by atoms with Gasteiger partial charge < -0.3 is 20.1 Å². The Bertz CT molecular complexity index is 1200. The van der Waals surface area contributed by atoms with Crippen LogP contribution in [0.5, 0.6) is 0 Å². The number of amides is 3. The number of terminal acetylenes is 1. The maximum Gasteiger partial charge on any atom is 0.334 e. The van der Waals surface area contributed by atoms with Crippen LogP contribution >= 0.6 is 15.9 Å². The molecule has 1 unspecified atom stereocenters. The highest BCUT2D eigenvalue weighted by Crippen LogP contribution is 2.23. The van der Waals surface area contributed by atoms with E-state index in [4.69, 9.17) is 6.42 Å². The fourth-order valence-corrected chi connectivity index (χ4v) is 4.99. The van der Waals surface area contributed by atoms with Gasteiger partial charge in [0.1, 0.15) is 12.5 Å². The molecule has 2 aromatic rings. The van der Waals surface area contributed by atoms with E-state index in [2.05, 4.69) is 27.2 Å². The van der Waals surface area contributed by atoms with Gasteiger partial charge in [-0.05, 0) is 36.7 Å². The number of carboxylic acids is 1. The lowest BCUT2D eigenvalue weighted by Crippen LogP contribution is -2.72. The zero-order valence-electron chi connectivity index (χ0n) is 21.7. The molecule has 2 atom stereocenters. The zero-order chi connectivity index (χ0) is 28.4. The summed E-state index contributed by atoms with van der Waals surface area (Å²) < 4.78 is 0.916. The van der Waals surface area contributed by atoms with Crippen LogP contribution in [0.1, 0.15) is 24.0 Å². The van der Waals surface area contributed by atoms with Crippen molar-refractivity contribution in [2.75, 3.05) is 26.7 Å². The first kappa shape index (κ1) is 29.8. The van der Waals surface area contributed by atoms with Crippen LogP contribution in [0.15, 0.2) is 59.1 Å². The van der Waals surface area contributed by atoms with Gasteiger partial charge in [0.15, 0.2) is 0 Å². The smallest absolute Gasteiger partial charge is 0.334 e. The van der Waals surface area contributed by atoms with Gasteiger partial charge in [-0.3, -0.25) is 14.5 Å². The predicted molar refractivity (Wildman–Crippen MR) is 149 cm³/mol. The van der Waals surface area contributed by atoms with E-state index in [1.807, 2.05) is 66.5 Å². The van der Waals surface area contributed by atoms with Gasteiger partial charge in [0.05, 0.1) is 19.1 Å². The molecular formula is C28H32BrN5O5. The van der Waals surface area contributed by atoms with Crippen molar-refractivity contribution in [1.29, 1.82) is 0 Å². The molecule has 39 heavy (non-hydrogen) atoms. The average molecular weight is 598 g/mol. The summed E-state index contributed by atoms with van der Waals surface area (Å²) >= 11 is 3.47. The van der Waals surface area contributed by atoms with Crippen LogP contribution in [0.4, 0.5) is 4.79 Å². The van der Waals surface area contributed by atoms with E-state index < -0.39 is 30.1 Å². The SMILES string of the molecule is C#CCN1CC(=O)N(C(C=O)CCC(=O)O)[C@H](CN(C)Cc2cccc(Br)c2)N1C(=O)NCc1ccccc1. The second-order valence-electron chi connectivity index (χ2n) is 9.26. The normalized spacial score (nSPS) is 16.6. The first-order valence-electron chi connectivity index (χ1n) is 12.4. The number of nitrogens with zero attached hydrogens (tertiary/aromatic N) is 4. The number of carbonyl (C=O) groups is 4. The number of aldehydes is 1. The Labute approximate surface area is 236 Å².